The summed E-state index contributed by atoms with van der Waals surface area (Å²) < 4.78 is 4.62. The monoisotopic (exact) mass is 301 g/mol. The molecular weight excluding hydrogens is 278 g/mol. The average molecular weight is 301 g/mol. The number of nitrogens with one attached hydrogen (secondary N) is 3. The molecule has 0 aliphatic heterocycles. The van der Waals surface area contributed by atoms with E-state index in [2.05, 4.69) is 20.7 Å². The van der Waals surface area contributed by atoms with Crippen molar-refractivity contribution in [3.05, 3.63) is 0 Å². The second-order valence-corrected chi connectivity index (χ2v) is 4.96. The van der Waals surface area contributed by atoms with Crippen LogP contribution in [0.15, 0.2) is 0 Å². The summed E-state index contributed by atoms with van der Waals surface area (Å²) in [5.74, 6) is -1.65. The highest BCUT2D eigenvalue weighted by molar-refractivity contribution is 5.89. The van der Waals surface area contributed by atoms with E-state index in [-0.39, 0.29) is 24.9 Å². The number of carbonyl (C=O) groups is 4. The fourth-order valence-electron chi connectivity index (χ4n) is 1.52. The first kappa shape index (κ1) is 18.9. The third-order valence-corrected chi connectivity index (χ3v) is 2.47. The van der Waals surface area contributed by atoms with Crippen molar-refractivity contribution in [3.63, 3.8) is 0 Å². The minimum absolute atomic E-state index is 0.198. The molecule has 0 spiro atoms. The minimum Gasteiger partial charge on any atom is -0.467 e. The Morgan fingerprint density at radius 3 is 2.05 bits per heavy atom. The van der Waals surface area contributed by atoms with Crippen molar-refractivity contribution < 1.29 is 23.9 Å². The number of esters is 1. The molecular formula is C13H23N3O5. The molecule has 0 aromatic carbocycles. The molecule has 8 nitrogen and oxygen atoms in total. The largest absolute Gasteiger partial charge is 0.467 e. The van der Waals surface area contributed by atoms with Crippen molar-refractivity contribution >= 4 is 23.7 Å². The van der Waals surface area contributed by atoms with Gasteiger partial charge in [0.25, 0.3) is 0 Å². The summed E-state index contributed by atoms with van der Waals surface area (Å²) in [6.07, 6.45) is 0.443. The molecule has 0 radical (unpaired) electrons. The second-order valence-electron chi connectivity index (χ2n) is 4.96. The average Bonchev–Trinajstić information content (AvgIpc) is 2.40. The number of ether oxygens (including phenoxy) is 1. The lowest BCUT2D eigenvalue weighted by Gasteiger charge is -2.18. The van der Waals surface area contributed by atoms with Crippen molar-refractivity contribution in [3.8, 4) is 0 Å². The maximum atomic E-state index is 11.7. The smallest absolute Gasteiger partial charge is 0.328 e. The molecule has 0 saturated carbocycles. The quantitative estimate of drug-likeness (QED) is 0.495. The molecule has 0 saturated heterocycles. The number of amides is 3. The summed E-state index contributed by atoms with van der Waals surface area (Å²) in [5, 5.41) is 7.15. The van der Waals surface area contributed by atoms with Gasteiger partial charge in [0.1, 0.15) is 6.04 Å². The fraction of sp³-hybridized carbons (Fsp3) is 0.692. The van der Waals surface area contributed by atoms with Crippen LogP contribution >= 0.6 is 0 Å². The van der Waals surface area contributed by atoms with Crippen LogP contribution in [0.3, 0.4) is 0 Å². The molecule has 0 aromatic rings. The molecule has 0 heterocycles. The van der Waals surface area contributed by atoms with Crippen molar-refractivity contribution in [2.24, 2.45) is 5.92 Å². The lowest BCUT2D eigenvalue weighted by atomic mass is 10.0. The first-order chi connectivity index (χ1) is 9.76. The van der Waals surface area contributed by atoms with Gasteiger partial charge in [-0.25, -0.2) is 4.79 Å². The zero-order valence-electron chi connectivity index (χ0n) is 12.8. The maximum Gasteiger partial charge on any atom is 0.328 e. The van der Waals surface area contributed by atoms with E-state index in [4.69, 9.17) is 0 Å². The minimum atomic E-state index is -0.741. The molecule has 0 fully saturated rings. The van der Waals surface area contributed by atoms with Crippen LogP contribution in [0.2, 0.25) is 0 Å². The Hall–Kier alpha value is -2.12. The molecule has 8 heteroatoms. The molecule has 3 N–H and O–H groups in total. The van der Waals surface area contributed by atoms with Gasteiger partial charge < -0.3 is 20.7 Å². The van der Waals surface area contributed by atoms with Gasteiger partial charge in [0.05, 0.1) is 20.2 Å². The summed E-state index contributed by atoms with van der Waals surface area (Å²) in [5.41, 5.74) is 0. The normalized spacial score (nSPS) is 11.5. The van der Waals surface area contributed by atoms with E-state index >= 15 is 0 Å². The zero-order chi connectivity index (χ0) is 16.4. The Labute approximate surface area is 124 Å². The van der Waals surface area contributed by atoms with E-state index < -0.39 is 23.8 Å². The number of hydrogen-bond donors (Lipinski definition) is 3. The molecule has 1 atom stereocenters. The molecule has 0 aliphatic rings. The van der Waals surface area contributed by atoms with Gasteiger partial charge in [-0.15, -0.1) is 0 Å². The van der Waals surface area contributed by atoms with E-state index in [0.29, 0.717) is 6.42 Å². The summed E-state index contributed by atoms with van der Waals surface area (Å²) in [6.45, 7) is 4.64. The topological polar surface area (TPSA) is 114 Å². The Morgan fingerprint density at radius 1 is 1.00 bits per heavy atom. The van der Waals surface area contributed by atoms with E-state index in [0.717, 1.165) is 0 Å². The molecule has 0 aromatic heterocycles. The zero-order valence-corrected chi connectivity index (χ0v) is 12.8. The van der Waals surface area contributed by atoms with E-state index in [1.165, 1.54) is 14.0 Å². The van der Waals surface area contributed by atoms with Crippen LogP contribution in [0.1, 0.15) is 27.2 Å². The van der Waals surface area contributed by atoms with Gasteiger partial charge in [0.15, 0.2) is 0 Å². The third kappa shape index (κ3) is 9.42. The number of hydrogen-bond acceptors (Lipinski definition) is 5. The Morgan fingerprint density at radius 2 is 1.57 bits per heavy atom. The van der Waals surface area contributed by atoms with Gasteiger partial charge in [-0.05, 0) is 12.3 Å². The van der Waals surface area contributed by atoms with Gasteiger partial charge >= 0.3 is 5.97 Å². The van der Waals surface area contributed by atoms with Crippen molar-refractivity contribution in [1.29, 1.82) is 0 Å². The van der Waals surface area contributed by atoms with Crippen LogP contribution in [0.4, 0.5) is 0 Å². The van der Waals surface area contributed by atoms with Crippen LogP contribution in [0, 0.1) is 5.92 Å². The summed E-state index contributed by atoms with van der Waals surface area (Å²) in [6, 6.07) is -0.741. The van der Waals surface area contributed by atoms with Crippen LogP contribution in [0.5, 0.6) is 0 Å². The first-order valence-electron chi connectivity index (χ1n) is 6.64. The summed E-state index contributed by atoms with van der Waals surface area (Å²) in [7, 11) is 1.25. The number of methoxy groups -OCH3 is 1. The summed E-state index contributed by atoms with van der Waals surface area (Å²) >= 11 is 0. The second kappa shape index (κ2) is 9.73. The standard InChI is InChI=1S/C13H23N3O5/c1-8(2)5-10(13(20)21-4)16-12(19)7-15-11(18)6-14-9(3)17/h8,10H,5-7H2,1-4H3,(H,14,17)(H,15,18)(H,16,19)/t10-/m0/s1. The van der Waals surface area contributed by atoms with E-state index in [1.54, 1.807) is 0 Å². The van der Waals surface area contributed by atoms with E-state index in [1.807, 2.05) is 13.8 Å². The Bertz CT molecular complexity index is 395. The van der Waals surface area contributed by atoms with Crippen LogP contribution in [-0.4, -0.2) is 49.9 Å². The maximum absolute atomic E-state index is 11.7. The van der Waals surface area contributed by atoms with Crippen molar-refractivity contribution in [2.75, 3.05) is 20.2 Å². The number of rotatable bonds is 8. The van der Waals surface area contributed by atoms with Gasteiger partial charge in [-0.2, -0.15) is 0 Å². The number of carbonyl (C=O) groups excluding carboxylic acids is 4. The Kier molecular flexibility index (Phi) is 8.75. The van der Waals surface area contributed by atoms with Crippen molar-refractivity contribution in [2.45, 2.75) is 33.2 Å². The van der Waals surface area contributed by atoms with Gasteiger partial charge in [0.2, 0.25) is 17.7 Å². The van der Waals surface area contributed by atoms with Crippen molar-refractivity contribution in [1.82, 2.24) is 16.0 Å². The first-order valence-corrected chi connectivity index (χ1v) is 6.64. The van der Waals surface area contributed by atoms with Gasteiger partial charge in [-0.3, -0.25) is 14.4 Å². The lowest BCUT2D eigenvalue weighted by molar-refractivity contribution is -0.145. The SMILES string of the molecule is COC(=O)[C@H](CC(C)C)NC(=O)CNC(=O)CNC(C)=O. The van der Waals surface area contributed by atoms with Gasteiger partial charge in [-0.1, -0.05) is 13.8 Å². The Balaban J connectivity index is 4.22. The predicted octanol–water partition coefficient (Wildman–Crippen LogP) is -1.06. The molecule has 0 rings (SSSR count). The molecule has 21 heavy (non-hydrogen) atoms. The fourth-order valence-corrected chi connectivity index (χ4v) is 1.52. The van der Waals surface area contributed by atoms with E-state index in [9.17, 15) is 19.2 Å². The molecule has 0 unspecified atom stereocenters. The van der Waals surface area contributed by atoms with Crippen LogP contribution < -0.4 is 16.0 Å². The molecule has 3 amide bonds. The lowest BCUT2D eigenvalue weighted by Crippen LogP contribution is -2.47. The highest BCUT2D eigenvalue weighted by atomic mass is 16.5. The van der Waals surface area contributed by atoms with Crippen LogP contribution in [0.25, 0.3) is 0 Å². The third-order valence-electron chi connectivity index (χ3n) is 2.47. The molecule has 0 aliphatic carbocycles. The summed E-state index contributed by atoms with van der Waals surface area (Å²) in [4.78, 5) is 45.1. The molecule has 0 bridgehead atoms. The predicted molar refractivity (Wildman–Crippen MR) is 75.1 cm³/mol. The highest BCUT2D eigenvalue weighted by Gasteiger charge is 2.22. The van der Waals surface area contributed by atoms with Gasteiger partial charge in [0, 0.05) is 6.92 Å². The highest BCUT2D eigenvalue weighted by Crippen LogP contribution is 2.05. The molecule has 120 valence electrons. The van der Waals surface area contributed by atoms with Crippen LogP contribution in [-0.2, 0) is 23.9 Å².